The first-order valence-corrected chi connectivity index (χ1v) is 6.82. The molecule has 1 aromatic rings. The molecule has 1 aliphatic rings. The van der Waals surface area contributed by atoms with E-state index in [9.17, 15) is 24.4 Å². The highest BCUT2D eigenvalue weighted by Crippen LogP contribution is 2.41. The van der Waals surface area contributed by atoms with Crippen molar-refractivity contribution in [1.82, 2.24) is 0 Å². The molecule has 1 atom stereocenters. The van der Waals surface area contributed by atoms with Crippen LogP contribution in [0.1, 0.15) is 26.2 Å². The highest BCUT2D eigenvalue weighted by atomic mass is 19.1. The van der Waals surface area contributed by atoms with Crippen LogP contribution in [0, 0.1) is 21.3 Å². The number of aliphatic carboxylic acids is 1. The van der Waals surface area contributed by atoms with Crippen molar-refractivity contribution in [2.75, 3.05) is 18.0 Å². The Kier molecular flexibility index (Phi) is 4.11. The average molecular weight is 296 g/mol. The average Bonchev–Trinajstić information content (AvgIpc) is 2.84. The fourth-order valence-corrected chi connectivity index (χ4v) is 2.98. The minimum absolute atomic E-state index is 0.152. The summed E-state index contributed by atoms with van der Waals surface area (Å²) in [5, 5.41) is 20.5. The zero-order valence-electron chi connectivity index (χ0n) is 11.7. The van der Waals surface area contributed by atoms with Gasteiger partial charge in [-0.05, 0) is 25.0 Å². The first-order chi connectivity index (χ1) is 9.91. The van der Waals surface area contributed by atoms with Gasteiger partial charge in [0.2, 0.25) is 5.82 Å². The molecule has 7 heteroatoms. The number of carboxylic acids is 1. The molecule has 0 saturated carbocycles. The quantitative estimate of drug-likeness (QED) is 0.667. The van der Waals surface area contributed by atoms with Gasteiger partial charge in [-0.3, -0.25) is 14.9 Å². The lowest BCUT2D eigenvalue weighted by Crippen LogP contribution is -2.34. The first kappa shape index (κ1) is 15.2. The number of hydrogen-bond donors (Lipinski definition) is 1. The number of carbonyl (C=O) groups is 1. The smallest absolute Gasteiger partial charge is 0.327 e. The summed E-state index contributed by atoms with van der Waals surface area (Å²) < 4.78 is 13.7. The summed E-state index contributed by atoms with van der Waals surface area (Å²) in [6.45, 7) is 2.44. The van der Waals surface area contributed by atoms with E-state index in [4.69, 9.17) is 0 Å². The van der Waals surface area contributed by atoms with Crippen LogP contribution in [0.2, 0.25) is 0 Å². The molecule has 0 spiro atoms. The number of benzene rings is 1. The Balaban J connectivity index is 2.36. The van der Waals surface area contributed by atoms with Gasteiger partial charge in [-0.25, -0.2) is 0 Å². The topological polar surface area (TPSA) is 83.7 Å². The number of para-hydroxylation sites is 1. The maximum Gasteiger partial charge on any atom is 0.327 e. The summed E-state index contributed by atoms with van der Waals surface area (Å²) in [7, 11) is 0. The lowest BCUT2D eigenvalue weighted by Gasteiger charge is -2.25. The molecule has 2 rings (SSSR count). The lowest BCUT2D eigenvalue weighted by molar-refractivity contribution is -0.386. The molecule has 114 valence electrons. The molecule has 0 radical (unpaired) electrons. The molecule has 1 aliphatic heterocycles. The third-order valence-corrected chi connectivity index (χ3v) is 4.02. The normalized spacial score (nSPS) is 21.5. The number of nitro benzene ring substituents is 1. The predicted octanol–water partition coefficient (Wildman–Crippen LogP) is 2.82. The maximum absolute atomic E-state index is 13.7. The van der Waals surface area contributed by atoms with Crippen LogP contribution in [0.25, 0.3) is 0 Å². The van der Waals surface area contributed by atoms with Crippen LogP contribution in [0.4, 0.5) is 15.8 Å². The van der Waals surface area contributed by atoms with Crippen LogP contribution < -0.4 is 4.90 Å². The Bertz CT molecular complexity index is 578. The summed E-state index contributed by atoms with van der Waals surface area (Å²) in [6.07, 6.45) is 1.62. The lowest BCUT2D eigenvalue weighted by atomic mass is 9.83. The summed E-state index contributed by atoms with van der Waals surface area (Å²) in [5.74, 6) is -1.80. The minimum atomic E-state index is -0.908. The molecular weight excluding hydrogens is 279 g/mol. The highest BCUT2D eigenvalue weighted by Gasteiger charge is 2.45. The second-order valence-corrected chi connectivity index (χ2v) is 5.37. The number of anilines is 1. The van der Waals surface area contributed by atoms with E-state index in [0.717, 1.165) is 6.07 Å². The third-order valence-electron chi connectivity index (χ3n) is 4.02. The van der Waals surface area contributed by atoms with Crippen LogP contribution in [-0.4, -0.2) is 29.1 Å². The Morgan fingerprint density at radius 2 is 2.29 bits per heavy atom. The summed E-state index contributed by atoms with van der Waals surface area (Å²) in [4.78, 5) is 23.4. The third kappa shape index (κ3) is 2.68. The van der Waals surface area contributed by atoms with Gasteiger partial charge in [0.25, 0.3) is 0 Å². The summed E-state index contributed by atoms with van der Waals surface area (Å²) in [5.41, 5.74) is -1.34. The Morgan fingerprint density at radius 3 is 2.86 bits per heavy atom. The number of hydrogen-bond acceptors (Lipinski definition) is 4. The van der Waals surface area contributed by atoms with Crippen molar-refractivity contribution in [2.45, 2.75) is 26.2 Å². The first-order valence-electron chi connectivity index (χ1n) is 6.82. The number of rotatable bonds is 5. The molecule has 0 aliphatic carbocycles. The van der Waals surface area contributed by atoms with Crippen molar-refractivity contribution < 1.29 is 19.2 Å². The van der Waals surface area contributed by atoms with Crippen molar-refractivity contribution in [1.29, 1.82) is 0 Å². The van der Waals surface area contributed by atoms with Crippen LogP contribution in [0.15, 0.2) is 18.2 Å². The predicted molar refractivity (Wildman–Crippen MR) is 74.9 cm³/mol. The number of nitro groups is 1. The van der Waals surface area contributed by atoms with Crippen LogP contribution in [0.5, 0.6) is 0 Å². The molecule has 0 aromatic heterocycles. The SMILES string of the molecule is CCCC1(C(=O)O)CCN(c2cccc(F)c2[N+](=O)[O-])C1. The number of nitrogens with zero attached hydrogens (tertiary/aromatic N) is 2. The van der Waals surface area contributed by atoms with Crippen molar-refractivity contribution in [3.63, 3.8) is 0 Å². The second-order valence-electron chi connectivity index (χ2n) is 5.37. The summed E-state index contributed by atoms with van der Waals surface area (Å²) >= 11 is 0. The molecule has 0 amide bonds. The highest BCUT2D eigenvalue weighted by molar-refractivity contribution is 5.77. The molecular formula is C14H17FN2O4. The molecule has 21 heavy (non-hydrogen) atoms. The molecule has 1 fully saturated rings. The van der Waals surface area contributed by atoms with Crippen molar-refractivity contribution in [2.24, 2.45) is 5.41 Å². The van der Waals surface area contributed by atoms with E-state index in [1.54, 1.807) is 4.90 Å². The van der Waals surface area contributed by atoms with Gasteiger partial charge in [0.05, 0.1) is 10.3 Å². The second kappa shape index (κ2) is 5.67. The van der Waals surface area contributed by atoms with Crippen molar-refractivity contribution in [3.8, 4) is 0 Å². The van der Waals surface area contributed by atoms with Gasteiger partial charge in [-0.15, -0.1) is 0 Å². The molecule has 1 N–H and O–H groups in total. The van der Waals surface area contributed by atoms with Gasteiger partial charge in [0.15, 0.2) is 0 Å². The van der Waals surface area contributed by atoms with E-state index in [1.807, 2.05) is 6.92 Å². The molecule has 1 unspecified atom stereocenters. The van der Waals surface area contributed by atoms with Crippen LogP contribution in [-0.2, 0) is 4.79 Å². The molecule has 0 bridgehead atoms. The number of carboxylic acid groups (broad SMARTS) is 1. The molecule has 6 nitrogen and oxygen atoms in total. The Morgan fingerprint density at radius 1 is 1.57 bits per heavy atom. The van der Waals surface area contributed by atoms with Crippen LogP contribution >= 0.6 is 0 Å². The largest absolute Gasteiger partial charge is 0.481 e. The van der Waals surface area contributed by atoms with Crippen LogP contribution in [0.3, 0.4) is 0 Å². The summed E-state index contributed by atoms with van der Waals surface area (Å²) in [6, 6.07) is 3.90. The fourth-order valence-electron chi connectivity index (χ4n) is 2.98. The van der Waals surface area contributed by atoms with E-state index < -0.39 is 27.8 Å². The molecule has 1 saturated heterocycles. The van der Waals surface area contributed by atoms with Gasteiger partial charge in [0.1, 0.15) is 5.69 Å². The van der Waals surface area contributed by atoms with E-state index >= 15 is 0 Å². The molecule has 1 heterocycles. The maximum atomic E-state index is 13.7. The minimum Gasteiger partial charge on any atom is -0.481 e. The molecule has 1 aromatic carbocycles. The van der Waals surface area contributed by atoms with Gasteiger partial charge < -0.3 is 10.0 Å². The van der Waals surface area contributed by atoms with Crippen molar-refractivity contribution >= 4 is 17.3 Å². The Labute approximate surface area is 121 Å². The van der Waals surface area contributed by atoms with E-state index in [2.05, 4.69) is 0 Å². The van der Waals surface area contributed by atoms with E-state index in [0.29, 0.717) is 25.8 Å². The standard InChI is InChI=1S/C14H17FN2O4/c1-2-6-14(13(18)19)7-8-16(9-14)11-5-3-4-10(15)12(11)17(20)21/h3-5H,2,6-9H2,1H3,(H,18,19). The van der Waals surface area contributed by atoms with Crippen molar-refractivity contribution in [3.05, 3.63) is 34.1 Å². The van der Waals surface area contributed by atoms with Gasteiger partial charge in [-0.1, -0.05) is 19.4 Å². The zero-order chi connectivity index (χ0) is 15.6. The van der Waals surface area contributed by atoms with Gasteiger partial charge >= 0.3 is 11.7 Å². The number of halogens is 1. The van der Waals surface area contributed by atoms with Gasteiger partial charge in [-0.2, -0.15) is 4.39 Å². The Hall–Kier alpha value is -2.18. The zero-order valence-corrected chi connectivity index (χ0v) is 11.7. The van der Waals surface area contributed by atoms with E-state index in [-0.39, 0.29) is 12.2 Å². The fraction of sp³-hybridized carbons (Fsp3) is 0.500. The monoisotopic (exact) mass is 296 g/mol. The van der Waals surface area contributed by atoms with Gasteiger partial charge in [0, 0.05) is 13.1 Å². The van der Waals surface area contributed by atoms with E-state index in [1.165, 1.54) is 12.1 Å².